The van der Waals surface area contributed by atoms with Crippen LogP contribution < -0.4 is 0 Å². The fourth-order valence-electron chi connectivity index (χ4n) is 0.659. The first-order valence-corrected chi connectivity index (χ1v) is 3.13. The molecule has 0 atom stereocenters. The standard InChI is InChI=1S/C6H10N2O2/c1-3-10-6(9)5-4-7-8(5)2/h4,7H,3H2,1-2H3. The average molecular weight is 142 g/mol. The number of aromatic amines is 1. The quantitative estimate of drug-likeness (QED) is 0.612. The summed E-state index contributed by atoms with van der Waals surface area (Å²) in [4.78, 5) is 10.9. The second-order valence-corrected chi connectivity index (χ2v) is 1.94. The van der Waals surface area contributed by atoms with Crippen molar-refractivity contribution >= 4 is 5.97 Å². The zero-order valence-electron chi connectivity index (χ0n) is 6.05. The van der Waals surface area contributed by atoms with Crippen molar-refractivity contribution in [2.24, 2.45) is 7.05 Å². The highest BCUT2D eigenvalue weighted by molar-refractivity contribution is 5.87. The van der Waals surface area contributed by atoms with Crippen LogP contribution in [0.2, 0.25) is 0 Å². The van der Waals surface area contributed by atoms with Gasteiger partial charge in [-0.2, -0.15) is 0 Å². The Kier molecular flexibility index (Phi) is 1.80. The molecule has 0 aliphatic rings. The van der Waals surface area contributed by atoms with E-state index in [0.29, 0.717) is 12.3 Å². The molecule has 1 rings (SSSR count). The predicted molar refractivity (Wildman–Crippen MR) is 35.7 cm³/mol. The number of carbonyl (C=O) groups is 1. The van der Waals surface area contributed by atoms with Crippen LogP contribution in [0.15, 0.2) is 6.20 Å². The third-order valence-electron chi connectivity index (χ3n) is 1.24. The van der Waals surface area contributed by atoms with Crippen molar-refractivity contribution < 1.29 is 9.53 Å². The van der Waals surface area contributed by atoms with Gasteiger partial charge in [-0.1, -0.05) is 0 Å². The molecule has 0 aromatic carbocycles. The highest BCUT2D eigenvalue weighted by atomic mass is 16.5. The van der Waals surface area contributed by atoms with Gasteiger partial charge in [-0.15, -0.1) is 0 Å². The smallest absolute Gasteiger partial charge is 0.358 e. The molecule has 0 aliphatic carbocycles. The maximum Gasteiger partial charge on any atom is 0.358 e. The van der Waals surface area contributed by atoms with E-state index in [0.717, 1.165) is 0 Å². The van der Waals surface area contributed by atoms with E-state index in [1.54, 1.807) is 24.9 Å². The van der Waals surface area contributed by atoms with Crippen LogP contribution in [0.1, 0.15) is 17.4 Å². The number of carbonyl (C=O) groups excluding carboxylic acids is 1. The Morgan fingerprint density at radius 2 is 2.60 bits per heavy atom. The fourth-order valence-corrected chi connectivity index (χ4v) is 0.659. The van der Waals surface area contributed by atoms with Crippen molar-refractivity contribution in [3.63, 3.8) is 0 Å². The number of rotatable bonds is 2. The number of hydrogen-bond donors (Lipinski definition) is 1. The lowest BCUT2D eigenvalue weighted by Gasteiger charge is -2.10. The van der Waals surface area contributed by atoms with Crippen LogP contribution in [-0.2, 0) is 11.8 Å². The van der Waals surface area contributed by atoms with E-state index >= 15 is 0 Å². The number of aryl methyl sites for hydroxylation is 1. The van der Waals surface area contributed by atoms with Crippen molar-refractivity contribution in [2.75, 3.05) is 6.61 Å². The third kappa shape index (κ3) is 1.05. The summed E-state index contributed by atoms with van der Waals surface area (Å²) < 4.78 is 6.34. The second kappa shape index (κ2) is 2.60. The zero-order chi connectivity index (χ0) is 7.56. The second-order valence-electron chi connectivity index (χ2n) is 1.94. The summed E-state index contributed by atoms with van der Waals surface area (Å²) in [6, 6.07) is 0. The van der Waals surface area contributed by atoms with Crippen LogP contribution in [0, 0.1) is 0 Å². The monoisotopic (exact) mass is 142 g/mol. The number of ether oxygens (including phenoxy) is 1. The molecule has 0 fully saturated rings. The maximum atomic E-state index is 10.9. The molecule has 4 heteroatoms. The molecule has 0 aliphatic heterocycles. The van der Waals surface area contributed by atoms with Gasteiger partial charge in [-0.25, -0.2) is 4.79 Å². The SMILES string of the molecule is CCOC(=O)c1c[nH]n1C. The zero-order valence-corrected chi connectivity index (χ0v) is 6.05. The summed E-state index contributed by atoms with van der Waals surface area (Å²) in [6.07, 6.45) is 1.61. The van der Waals surface area contributed by atoms with Crippen LogP contribution >= 0.6 is 0 Å². The van der Waals surface area contributed by atoms with Gasteiger partial charge in [0.2, 0.25) is 0 Å². The molecule has 0 bridgehead atoms. The summed E-state index contributed by atoms with van der Waals surface area (Å²) >= 11 is 0. The van der Waals surface area contributed by atoms with Gasteiger partial charge in [-0.3, -0.25) is 4.68 Å². The molecule has 10 heavy (non-hydrogen) atoms. The Morgan fingerprint density at radius 3 is 2.90 bits per heavy atom. The highest BCUT2D eigenvalue weighted by Gasteiger charge is 2.10. The van der Waals surface area contributed by atoms with Crippen molar-refractivity contribution in [1.29, 1.82) is 0 Å². The van der Waals surface area contributed by atoms with Gasteiger partial charge in [0.1, 0.15) is 0 Å². The molecule has 1 aromatic heterocycles. The lowest BCUT2D eigenvalue weighted by atomic mass is 10.4. The molecule has 0 unspecified atom stereocenters. The van der Waals surface area contributed by atoms with Crippen molar-refractivity contribution in [3.05, 3.63) is 11.9 Å². The molecular formula is C6H10N2O2. The van der Waals surface area contributed by atoms with E-state index in [9.17, 15) is 4.79 Å². The van der Waals surface area contributed by atoms with E-state index in [4.69, 9.17) is 4.74 Å². The largest absolute Gasteiger partial charge is 0.461 e. The molecule has 0 spiro atoms. The average Bonchev–Trinajstić information content (AvgIpc) is 1.85. The molecule has 0 saturated heterocycles. The predicted octanol–water partition coefficient (Wildman–Crippen LogP) is 0.530. The molecule has 0 radical (unpaired) electrons. The molecule has 0 saturated carbocycles. The van der Waals surface area contributed by atoms with Crippen molar-refractivity contribution in [1.82, 2.24) is 9.78 Å². The number of aromatic nitrogens is 2. The normalized spacial score (nSPS) is 9.80. The molecule has 1 heterocycles. The number of nitrogens with one attached hydrogen (secondary N) is 1. The number of H-pyrrole nitrogens is 1. The first-order chi connectivity index (χ1) is 4.75. The molecule has 56 valence electrons. The summed E-state index contributed by atoms with van der Waals surface area (Å²) in [6.45, 7) is 2.20. The summed E-state index contributed by atoms with van der Waals surface area (Å²) in [5.41, 5.74) is 0.571. The molecule has 1 N–H and O–H groups in total. The van der Waals surface area contributed by atoms with E-state index in [1.807, 2.05) is 0 Å². The van der Waals surface area contributed by atoms with Crippen LogP contribution in [0.25, 0.3) is 0 Å². The van der Waals surface area contributed by atoms with E-state index in [1.165, 1.54) is 0 Å². The topological polar surface area (TPSA) is 47.0 Å². The minimum Gasteiger partial charge on any atom is -0.461 e. The fraction of sp³-hybridized carbons (Fsp3) is 0.500. The number of nitrogens with zero attached hydrogens (tertiary/aromatic N) is 1. The van der Waals surface area contributed by atoms with Crippen LogP contribution in [0.4, 0.5) is 0 Å². The Labute approximate surface area is 58.8 Å². The van der Waals surface area contributed by atoms with E-state index in [-0.39, 0.29) is 5.97 Å². The minimum absolute atomic E-state index is 0.274. The Hall–Kier alpha value is -1.19. The number of hydrogen-bond acceptors (Lipinski definition) is 2. The maximum absolute atomic E-state index is 10.9. The molecule has 4 nitrogen and oxygen atoms in total. The first-order valence-electron chi connectivity index (χ1n) is 3.13. The molecule has 0 amide bonds. The molecule has 1 aromatic rings. The Bertz CT molecular complexity index is 224. The minimum atomic E-state index is -0.274. The van der Waals surface area contributed by atoms with Gasteiger partial charge < -0.3 is 9.84 Å². The third-order valence-corrected chi connectivity index (χ3v) is 1.24. The lowest BCUT2D eigenvalue weighted by Crippen LogP contribution is -2.18. The van der Waals surface area contributed by atoms with Gasteiger partial charge in [0.15, 0.2) is 5.69 Å². The molecular weight excluding hydrogens is 132 g/mol. The van der Waals surface area contributed by atoms with Crippen molar-refractivity contribution in [2.45, 2.75) is 6.92 Å². The van der Waals surface area contributed by atoms with Gasteiger partial charge in [0, 0.05) is 7.05 Å². The first kappa shape index (κ1) is 6.92. The Balaban J connectivity index is 2.55. The van der Waals surface area contributed by atoms with Crippen LogP contribution in [0.5, 0.6) is 0 Å². The van der Waals surface area contributed by atoms with Gasteiger partial charge in [-0.05, 0) is 6.92 Å². The number of esters is 1. The van der Waals surface area contributed by atoms with Gasteiger partial charge in [0.05, 0.1) is 12.8 Å². The summed E-state index contributed by atoms with van der Waals surface area (Å²) in [7, 11) is 1.76. The van der Waals surface area contributed by atoms with Crippen molar-refractivity contribution in [3.8, 4) is 0 Å². The summed E-state index contributed by atoms with van der Waals surface area (Å²) in [5.74, 6) is -0.274. The summed E-state index contributed by atoms with van der Waals surface area (Å²) in [5, 5.41) is 2.77. The van der Waals surface area contributed by atoms with E-state index in [2.05, 4.69) is 5.10 Å². The van der Waals surface area contributed by atoms with E-state index < -0.39 is 0 Å². The van der Waals surface area contributed by atoms with Gasteiger partial charge >= 0.3 is 5.97 Å². The van der Waals surface area contributed by atoms with Crippen LogP contribution in [-0.4, -0.2) is 22.4 Å². The highest BCUT2D eigenvalue weighted by Crippen LogP contribution is 1.98. The lowest BCUT2D eigenvalue weighted by molar-refractivity contribution is 0.0505. The van der Waals surface area contributed by atoms with Crippen LogP contribution in [0.3, 0.4) is 0 Å². The van der Waals surface area contributed by atoms with Gasteiger partial charge in [0.25, 0.3) is 0 Å². The Morgan fingerprint density at radius 1 is 1.90 bits per heavy atom.